The fourth-order valence-electron chi connectivity index (χ4n) is 2.34. The summed E-state index contributed by atoms with van der Waals surface area (Å²) in [7, 11) is 0. The van der Waals surface area contributed by atoms with Crippen molar-refractivity contribution in [2.24, 2.45) is 5.92 Å². The number of carbonyl (C=O) groups is 1. The molecule has 1 heterocycles. The molecule has 2 rings (SSSR count). The molecule has 110 valence electrons. The minimum Gasteiger partial charge on any atom is -0.433 e. The molecule has 1 saturated heterocycles. The Balaban J connectivity index is 2.03. The number of nitrogens with zero attached hydrogens (tertiary/aromatic N) is 1. The molecule has 0 saturated carbocycles. The summed E-state index contributed by atoms with van der Waals surface area (Å²) < 4.78 is 29.0. The van der Waals surface area contributed by atoms with E-state index in [1.165, 1.54) is 6.07 Å². The lowest BCUT2D eigenvalue weighted by Gasteiger charge is -2.31. The molecule has 1 aliphatic rings. The van der Waals surface area contributed by atoms with E-state index in [1.807, 2.05) is 0 Å². The van der Waals surface area contributed by atoms with Crippen molar-refractivity contribution < 1.29 is 18.3 Å². The third kappa shape index (κ3) is 3.82. The van der Waals surface area contributed by atoms with Gasteiger partial charge in [-0.2, -0.15) is 8.78 Å². The van der Waals surface area contributed by atoms with Crippen molar-refractivity contribution in [3.63, 3.8) is 0 Å². The van der Waals surface area contributed by atoms with Gasteiger partial charge in [-0.3, -0.25) is 0 Å². The van der Waals surface area contributed by atoms with Gasteiger partial charge in [0.2, 0.25) is 0 Å². The second-order valence-electron chi connectivity index (χ2n) is 5.00. The van der Waals surface area contributed by atoms with Crippen molar-refractivity contribution in [3.8, 4) is 5.75 Å². The fourth-order valence-corrected chi connectivity index (χ4v) is 2.34. The monoisotopic (exact) mass is 284 g/mol. The van der Waals surface area contributed by atoms with E-state index in [1.54, 1.807) is 23.1 Å². The zero-order chi connectivity index (χ0) is 14.5. The van der Waals surface area contributed by atoms with E-state index >= 15 is 0 Å². The van der Waals surface area contributed by atoms with Gasteiger partial charge in [-0.05, 0) is 30.9 Å². The molecule has 1 aliphatic heterocycles. The standard InChI is InChI=1S/C14H18F2N2O2/c1-10-5-4-8-18(9-10)14(19)17-11-6-2-3-7-12(11)20-13(15)16/h2-3,6-7,10,13H,4-5,8-9H2,1H3,(H,17,19). The third-order valence-electron chi connectivity index (χ3n) is 3.29. The maximum absolute atomic E-state index is 12.3. The van der Waals surface area contributed by atoms with Gasteiger partial charge in [0.15, 0.2) is 0 Å². The van der Waals surface area contributed by atoms with Gasteiger partial charge < -0.3 is 15.0 Å². The van der Waals surface area contributed by atoms with Crippen LogP contribution in [0.5, 0.6) is 5.75 Å². The number of carbonyl (C=O) groups excluding carboxylic acids is 1. The summed E-state index contributed by atoms with van der Waals surface area (Å²) in [6.07, 6.45) is 2.07. The molecule has 0 aromatic heterocycles. The minimum atomic E-state index is -2.91. The number of piperidine rings is 1. The predicted molar refractivity (Wildman–Crippen MR) is 72.1 cm³/mol. The van der Waals surface area contributed by atoms with Crippen LogP contribution in [0, 0.1) is 5.92 Å². The number of halogens is 2. The largest absolute Gasteiger partial charge is 0.433 e. The van der Waals surface area contributed by atoms with Crippen LogP contribution in [0.1, 0.15) is 19.8 Å². The van der Waals surface area contributed by atoms with Gasteiger partial charge in [0.1, 0.15) is 5.75 Å². The molecule has 1 N–H and O–H groups in total. The second-order valence-corrected chi connectivity index (χ2v) is 5.00. The highest BCUT2D eigenvalue weighted by Gasteiger charge is 2.21. The van der Waals surface area contributed by atoms with Gasteiger partial charge in [-0.25, -0.2) is 4.79 Å². The number of hydrogen-bond donors (Lipinski definition) is 1. The van der Waals surface area contributed by atoms with E-state index in [4.69, 9.17) is 0 Å². The molecule has 0 radical (unpaired) electrons. The first-order chi connectivity index (χ1) is 9.56. The molecule has 4 nitrogen and oxygen atoms in total. The number of urea groups is 1. The molecule has 6 heteroatoms. The van der Waals surface area contributed by atoms with E-state index in [0.29, 0.717) is 19.0 Å². The first kappa shape index (κ1) is 14.6. The van der Waals surface area contributed by atoms with Crippen LogP contribution in [0.4, 0.5) is 19.3 Å². The minimum absolute atomic E-state index is 0.0269. The summed E-state index contributed by atoms with van der Waals surface area (Å²) in [5, 5.41) is 2.63. The number of para-hydroxylation sites is 2. The lowest BCUT2D eigenvalue weighted by molar-refractivity contribution is -0.0493. The second kappa shape index (κ2) is 6.54. The molecular formula is C14H18F2N2O2. The molecule has 0 bridgehead atoms. The van der Waals surface area contributed by atoms with Crippen LogP contribution in [0.2, 0.25) is 0 Å². The highest BCUT2D eigenvalue weighted by atomic mass is 19.3. The molecule has 0 aliphatic carbocycles. The molecule has 2 amide bonds. The van der Waals surface area contributed by atoms with Gasteiger partial charge in [0.05, 0.1) is 5.69 Å². The first-order valence-electron chi connectivity index (χ1n) is 6.66. The van der Waals surface area contributed by atoms with Crippen LogP contribution in [0.3, 0.4) is 0 Å². The number of rotatable bonds is 3. The summed E-state index contributed by atoms with van der Waals surface area (Å²) in [5.41, 5.74) is 0.260. The smallest absolute Gasteiger partial charge is 0.387 e. The van der Waals surface area contributed by atoms with E-state index in [2.05, 4.69) is 17.0 Å². The Morgan fingerprint density at radius 2 is 2.20 bits per heavy atom. The molecule has 1 fully saturated rings. The SMILES string of the molecule is CC1CCCN(C(=O)Nc2ccccc2OC(F)F)C1. The summed E-state index contributed by atoms with van der Waals surface area (Å²) in [4.78, 5) is 13.8. The normalized spacial score (nSPS) is 19.0. The van der Waals surface area contributed by atoms with Crippen LogP contribution in [0.25, 0.3) is 0 Å². The summed E-state index contributed by atoms with van der Waals surface area (Å²) >= 11 is 0. The Morgan fingerprint density at radius 1 is 1.45 bits per heavy atom. The lowest BCUT2D eigenvalue weighted by atomic mass is 10.0. The Labute approximate surface area is 116 Å². The number of amides is 2. The van der Waals surface area contributed by atoms with Crippen LogP contribution in [-0.4, -0.2) is 30.6 Å². The average Bonchev–Trinajstić information content (AvgIpc) is 2.40. The van der Waals surface area contributed by atoms with Gasteiger partial charge in [0, 0.05) is 13.1 Å². The van der Waals surface area contributed by atoms with Crippen LogP contribution < -0.4 is 10.1 Å². The molecule has 1 aromatic carbocycles. The average molecular weight is 284 g/mol. The summed E-state index contributed by atoms with van der Waals surface area (Å²) in [6, 6.07) is 5.91. The highest BCUT2D eigenvalue weighted by molar-refractivity contribution is 5.91. The van der Waals surface area contributed by atoms with Crippen molar-refractivity contribution in [1.82, 2.24) is 4.90 Å². The maximum atomic E-state index is 12.3. The number of nitrogens with one attached hydrogen (secondary N) is 1. The molecule has 1 unspecified atom stereocenters. The predicted octanol–water partition coefficient (Wildman–Crippen LogP) is 3.55. The van der Waals surface area contributed by atoms with Crippen molar-refractivity contribution in [2.45, 2.75) is 26.4 Å². The van der Waals surface area contributed by atoms with Crippen LogP contribution >= 0.6 is 0 Å². The molecule has 1 aromatic rings. The molecule has 1 atom stereocenters. The molecule has 0 spiro atoms. The quantitative estimate of drug-likeness (QED) is 0.922. The van der Waals surface area contributed by atoms with E-state index in [0.717, 1.165) is 12.8 Å². The van der Waals surface area contributed by atoms with E-state index < -0.39 is 6.61 Å². The Bertz CT molecular complexity index is 468. The van der Waals surface area contributed by atoms with E-state index in [-0.39, 0.29) is 17.5 Å². The highest BCUT2D eigenvalue weighted by Crippen LogP contribution is 2.26. The lowest BCUT2D eigenvalue weighted by Crippen LogP contribution is -2.41. The van der Waals surface area contributed by atoms with Crippen LogP contribution in [-0.2, 0) is 0 Å². The number of alkyl halides is 2. The zero-order valence-corrected chi connectivity index (χ0v) is 11.3. The molecular weight excluding hydrogens is 266 g/mol. The zero-order valence-electron chi connectivity index (χ0n) is 11.3. The van der Waals surface area contributed by atoms with E-state index in [9.17, 15) is 13.6 Å². The number of hydrogen-bond acceptors (Lipinski definition) is 2. The van der Waals surface area contributed by atoms with Gasteiger partial charge >= 0.3 is 12.6 Å². The first-order valence-corrected chi connectivity index (χ1v) is 6.66. The fraction of sp³-hybridized carbons (Fsp3) is 0.500. The Hall–Kier alpha value is -1.85. The number of benzene rings is 1. The topological polar surface area (TPSA) is 41.6 Å². The van der Waals surface area contributed by atoms with Crippen molar-refractivity contribution in [1.29, 1.82) is 0 Å². The van der Waals surface area contributed by atoms with Crippen molar-refractivity contribution >= 4 is 11.7 Å². The summed E-state index contributed by atoms with van der Waals surface area (Å²) in [6.45, 7) is 0.550. The van der Waals surface area contributed by atoms with Gasteiger partial charge in [0.25, 0.3) is 0 Å². The van der Waals surface area contributed by atoms with Crippen molar-refractivity contribution in [2.75, 3.05) is 18.4 Å². The number of likely N-dealkylation sites (tertiary alicyclic amines) is 1. The molecule has 20 heavy (non-hydrogen) atoms. The Morgan fingerprint density at radius 3 is 2.90 bits per heavy atom. The number of ether oxygens (including phenoxy) is 1. The number of anilines is 1. The van der Waals surface area contributed by atoms with Crippen molar-refractivity contribution in [3.05, 3.63) is 24.3 Å². The Kier molecular flexibility index (Phi) is 4.76. The van der Waals surface area contributed by atoms with Crippen LogP contribution in [0.15, 0.2) is 24.3 Å². The van der Waals surface area contributed by atoms with Gasteiger partial charge in [-0.15, -0.1) is 0 Å². The third-order valence-corrected chi connectivity index (χ3v) is 3.29. The summed E-state index contributed by atoms with van der Waals surface area (Å²) in [5.74, 6) is 0.433. The maximum Gasteiger partial charge on any atom is 0.387 e. The van der Waals surface area contributed by atoms with Gasteiger partial charge in [-0.1, -0.05) is 19.1 Å².